The number of amides is 2. The molecule has 0 aromatic heterocycles. The summed E-state index contributed by atoms with van der Waals surface area (Å²) in [4.78, 5) is 29.3. The highest BCUT2D eigenvalue weighted by Gasteiger charge is 2.32. The molecule has 0 radical (unpaired) electrons. The van der Waals surface area contributed by atoms with Crippen molar-refractivity contribution in [1.82, 2.24) is 14.5 Å². The minimum absolute atomic E-state index is 0.0131. The zero-order valence-electron chi connectivity index (χ0n) is 25.9. The summed E-state index contributed by atoms with van der Waals surface area (Å²) in [6, 6.07) is 26.6. The average molecular weight is 662 g/mol. The second-order valence-electron chi connectivity index (χ2n) is 10.8. The molecule has 0 bridgehead atoms. The van der Waals surface area contributed by atoms with Gasteiger partial charge >= 0.3 is 0 Å². The highest BCUT2D eigenvalue weighted by molar-refractivity contribution is 7.89. The first-order valence-electron chi connectivity index (χ1n) is 15.1. The van der Waals surface area contributed by atoms with Crippen LogP contribution in [0.2, 0.25) is 0 Å². The van der Waals surface area contributed by atoms with Gasteiger partial charge in [-0.1, -0.05) is 60.7 Å². The Kier molecular flexibility index (Phi) is 11.2. The molecule has 246 valence electrons. The first-order valence-corrected chi connectivity index (χ1v) is 16.5. The lowest BCUT2D eigenvalue weighted by atomic mass is 10.0. The van der Waals surface area contributed by atoms with Gasteiger partial charge in [-0.15, -0.1) is 0 Å². The first kappa shape index (κ1) is 33.6. The molecule has 0 aliphatic carbocycles. The van der Waals surface area contributed by atoms with E-state index < -0.39 is 40.3 Å². The Hall–Kier alpha value is -4.78. The predicted molar refractivity (Wildman–Crippen MR) is 172 cm³/mol. The van der Waals surface area contributed by atoms with Crippen LogP contribution < -0.4 is 14.8 Å². The summed E-state index contributed by atoms with van der Waals surface area (Å²) < 4.78 is 57.6. The van der Waals surface area contributed by atoms with Gasteiger partial charge in [0.25, 0.3) is 5.91 Å². The summed E-state index contributed by atoms with van der Waals surface area (Å²) >= 11 is 0. The van der Waals surface area contributed by atoms with Gasteiger partial charge in [0.1, 0.15) is 23.4 Å². The molecule has 47 heavy (non-hydrogen) atoms. The second kappa shape index (κ2) is 15.7. The highest BCUT2D eigenvalue weighted by atomic mass is 32.2. The fourth-order valence-corrected chi connectivity index (χ4v) is 6.63. The molecule has 5 rings (SSSR count). The maximum Gasteiger partial charge on any atom is 0.261 e. The third kappa shape index (κ3) is 8.53. The van der Waals surface area contributed by atoms with Crippen molar-refractivity contribution in [2.24, 2.45) is 0 Å². The second-order valence-corrected chi connectivity index (χ2v) is 12.7. The standard InChI is InChI=1S/C35H36FN3O7S/c1-44-32-10-6-5-9-28(32)23-37-35(41)34(27-7-3-2-4-8-27)39(24-26-11-13-29(36)14-12-26)33(40)25-46-30-15-17-31(18-16-30)47(42,43)38-19-21-45-22-20-38/h2-18,34H,19-25H2,1H3,(H,37,41). The van der Waals surface area contributed by atoms with Gasteiger partial charge in [0.05, 0.1) is 25.2 Å². The normalized spacial score (nSPS) is 14.2. The number of carbonyl (C=O) groups is 2. The summed E-state index contributed by atoms with van der Waals surface area (Å²) in [6.07, 6.45) is 0. The topological polar surface area (TPSA) is 114 Å². The Balaban J connectivity index is 1.37. The number of nitrogens with zero attached hydrogens (tertiary/aromatic N) is 2. The third-order valence-corrected chi connectivity index (χ3v) is 9.61. The van der Waals surface area contributed by atoms with Gasteiger partial charge in [0, 0.05) is 31.7 Å². The Morgan fingerprint density at radius 2 is 1.57 bits per heavy atom. The molecule has 10 nitrogen and oxygen atoms in total. The minimum Gasteiger partial charge on any atom is -0.496 e. The molecule has 1 N–H and O–H groups in total. The van der Waals surface area contributed by atoms with E-state index in [0.29, 0.717) is 30.1 Å². The van der Waals surface area contributed by atoms with Gasteiger partial charge in [-0.2, -0.15) is 4.31 Å². The number of benzene rings is 4. The molecule has 1 atom stereocenters. The monoisotopic (exact) mass is 661 g/mol. The van der Waals surface area contributed by atoms with Crippen molar-refractivity contribution in [2.75, 3.05) is 40.0 Å². The van der Waals surface area contributed by atoms with Crippen LogP contribution in [0.5, 0.6) is 11.5 Å². The largest absolute Gasteiger partial charge is 0.496 e. The van der Waals surface area contributed by atoms with Crippen LogP contribution in [-0.2, 0) is 37.4 Å². The highest BCUT2D eigenvalue weighted by Crippen LogP contribution is 2.26. The Labute approximate surface area is 273 Å². The van der Waals surface area contributed by atoms with E-state index in [2.05, 4.69) is 5.32 Å². The van der Waals surface area contributed by atoms with Crippen molar-refractivity contribution in [3.8, 4) is 11.5 Å². The summed E-state index contributed by atoms with van der Waals surface area (Å²) in [5.74, 6) is -0.488. The average Bonchev–Trinajstić information content (AvgIpc) is 3.11. The minimum atomic E-state index is -3.70. The molecule has 1 aliphatic heterocycles. The number of halogens is 1. The van der Waals surface area contributed by atoms with Crippen LogP contribution in [0.15, 0.2) is 108 Å². The van der Waals surface area contributed by atoms with Gasteiger partial charge in [-0.25, -0.2) is 12.8 Å². The van der Waals surface area contributed by atoms with Crippen molar-refractivity contribution in [3.05, 3.63) is 126 Å². The van der Waals surface area contributed by atoms with Crippen LogP contribution >= 0.6 is 0 Å². The number of sulfonamides is 1. The molecule has 12 heteroatoms. The maximum atomic E-state index is 13.9. The summed E-state index contributed by atoms with van der Waals surface area (Å²) in [5, 5.41) is 2.94. The molecule has 1 aliphatic rings. The lowest BCUT2D eigenvalue weighted by Crippen LogP contribution is -2.45. The molecule has 1 unspecified atom stereocenters. The SMILES string of the molecule is COc1ccccc1CNC(=O)C(c1ccccc1)N(Cc1ccc(F)cc1)C(=O)COc1ccc(S(=O)(=O)N2CCOCC2)cc1. The molecule has 4 aromatic rings. The lowest BCUT2D eigenvalue weighted by molar-refractivity contribution is -0.143. The number of morpholine rings is 1. The Morgan fingerprint density at radius 3 is 2.26 bits per heavy atom. The van der Waals surface area contributed by atoms with Gasteiger partial charge in [-0.3, -0.25) is 9.59 Å². The lowest BCUT2D eigenvalue weighted by Gasteiger charge is -2.31. The summed E-state index contributed by atoms with van der Waals surface area (Å²) in [7, 11) is -2.15. The van der Waals surface area contributed by atoms with E-state index in [0.717, 1.165) is 5.56 Å². The fraction of sp³-hybridized carbons (Fsp3) is 0.257. The van der Waals surface area contributed by atoms with Crippen LogP contribution in [-0.4, -0.2) is 69.5 Å². The molecule has 1 heterocycles. The van der Waals surface area contributed by atoms with Crippen LogP contribution in [0, 0.1) is 5.82 Å². The smallest absolute Gasteiger partial charge is 0.261 e. The number of carbonyl (C=O) groups excluding carboxylic acids is 2. The summed E-state index contributed by atoms with van der Waals surface area (Å²) in [5.41, 5.74) is 1.93. The predicted octanol–water partition coefficient (Wildman–Crippen LogP) is 4.32. The zero-order valence-corrected chi connectivity index (χ0v) is 26.7. The van der Waals surface area contributed by atoms with E-state index in [1.54, 1.807) is 49.6 Å². The van der Waals surface area contributed by atoms with Crippen molar-refractivity contribution in [2.45, 2.75) is 24.0 Å². The van der Waals surface area contributed by atoms with Crippen molar-refractivity contribution in [3.63, 3.8) is 0 Å². The van der Waals surface area contributed by atoms with E-state index in [1.807, 2.05) is 24.3 Å². The Bertz CT molecular complexity index is 1750. The van der Waals surface area contributed by atoms with Crippen molar-refractivity contribution in [1.29, 1.82) is 0 Å². The molecular formula is C35H36FN3O7S. The van der Waals surface area contributed by atoms with Crippen LogP contribution in [0.1, 0.15) is 22.7 Å². The van der Waals surface area contributed by atoms with Crippen LogP contribution in [0.3, 0.4) is 0 Å². The third-order valence-electron chi connectivity index (χ3n) is 7.70. The van der Waals surface area contributed by atoms with Gasteiger partial charge in [0.2, 0.25) is 15.9 Å². The van der Waals surface area contributed by atoms with Gasteiger partial charge in [-0.05, 0) is 53.6 Å². The van der Waals surface area contributed by atoms with Gasteiger partial charge in [0.15, 0.2) is 6.61 Å². The van der Waals surface area contributed by atoms with Crippen LogP contribution in [0.4, 0.5) is 4.39 Å². The van der Waals surface area contributed by atoms with Crippen LogP contribution in [0.25, 0.3) is 0 Å². The number of methoxy groups -OCH3 is 1. The molecule has 4 aromatic carbocycles. The molecule has 0 spiro atoms. The number of rotatable bonds is 13. The number of hydrogen-bond acceptors (Lipinski definition) is 7. The van der Waals surface area contributed by atoms with Crippen molar-refractivity contribution >= 4 is 21.8 Å². The quantitative estimate of drug-likeness (QED) is 0.227. The summed E-state index contributed by atoms with van der Waals surface area (Å²) in [6.45, 7) is 0.905. The van der Waals surface area contributed by atoms with E-state index >= 15 is 0 Å². The zero-order chi connectivity index (χ0) is 33.2. The van der Waals surface area contributed by atoms with E-state index in [1.165, 1.54) is 45.6 Å². The number of nitrogens with one attached hydrogen (secondary N) is 1. The van der Waals surface area contributed by atoms with E-state index in [-0.39, 0.29) is 36.8 Å². The van der Waals surface area contributed by atoms with Gasteiger partial charge < -0.3 is 24.4 Å². The molecule has 0 saturated carbocycles. The number of para-hydroxylation sites is 1. The van der Waals surface area contributed by atoms with Crippen molar-refractivity contribution < 1.29 is 36.6 Å². The van der Waals surface area contributed by atoms with E-state index in [9.17, 15) is 22.4 Å². The number of ether oxygens (including phenoxy) is 3. The maximum absolute atomic E-state index is 13.9. The molecule has 1 saturated heterocycles. The molecule has 2 amide bonds. The number of hydrogen-bond donors (Lipinski definition) is 1. The molecule has 1 fully saturated rings. The molecular weight excluding hydrogens is 625 g/mol. The first-order chi connectivity index (χ1) is 22.8. The Morgan fingerprint density at radius 1 is 0.915 bits per heavy atom. The van der Waals surface area contributed by atoms with E-state index in [4.69, 9.17) is 14.2 Å². The fourth-order valence-electron chi connectivity index (χ4n) is 5.22.